The van der Waals surface area contributed by atoms with Crippen molar-refractivity contribution in [3.63, 3.8) is 0 Å². The molecule has 126 valence electrons. The van der Waals surface area contributed by atoms with Gasteiger partial charge in [-0.3, -0.25) is 0 Å². The zero-order chi connectivity index (χ0) is 16.7. The number of ether oxygens (including phenoxy) is 1. The van der Waals surface area contributed by atoms with Gasteiger partial charge < -0.3 is 25.6 Å². The third-order valence-electron chi connectivity index (χ3n) is 3.34. The van der Waals surface area contributed by atoms with E-state index in [0.717, 1.165) is 0 Å². The van der Waals surface area contributed by atoms with E-state index in [1.54, 1.807) is 6.92 Å². The van der Waals surface area contributed by atoms with Crippen molar-refractivity contribution in [3.8, 4) is 0 Å². The largest absolute Gasteiger partial charge is 0.444 e. The van der Waals surface area contributed by atoms with Gasteiger partial charge in [0.2, 0.25) is 0 Å². The highest BCUT2D eigenvalue weighted by Crippen LogP contribution is 2.12. The van der Waals surface area contributed by atoms with Crippen LogP contribution in [0.5, 0.6) is 0 Å². The van der Waals surface area contributed by atoms with Gasteiger partial charge in [-0.15, -0.1) is 0 Å². The maximum absolute atomic E-state index is 11.7. The van der Waals surface area contributed by atoms with E-state index in [-0.39, 0.29) is 19.1 Å². The number of aliphatic hydroxyl groups excluding tert-OH is 2. The Balaban J connectivity index is 4.36. The number of hydrogen-bond acceptors (Lipinski definition) is 5. The zero-order valence-electron chi connectivity index (χ0n) is 14.2. The predicted octanol–water partition coefficient (Wildman–Crippen LogP) is 1.12. The normalized spacial score (nSPS) is 14.1. The van der Waals surface area contributed by atoms with Crippen LogP contribution in [0.1, 0.15) is 41.5 Å². The smallest absolute Gasteiger partial charge is 0.407 e. The van der Waals surface area contributed by atoms with Gasteiger partial charge in [-0.05, 0) is 39.5 Å². The summed E-state index contributed by atoms with van der Waals surface area (Å²) in [5.74, 6) is 0.518. The molecule has 0 radical (unpaired) electrons. The topological polar surface area (TPSA) is 90.8 Å². The van der Waals surface area contributed by atoms with Crippen molar-refractivity contribution in [2.24, 2.45) is 11.8 Å². The molecule has 6 nitrogen and oxygen atoms in total. The number of carbonyl (C=O) groups is 1. The average Bonchev–Trinajstić information content (AvgIpc) is 2.35. The van der Waals surface area contributed by atoms with Crippen LogP contribution in [0.25, 0.3) is 0 Å². The molecule has 0 aromatic rings. The van der Waals surface area contributed by atoms with Crippen molar-refractivity contribution < 1.29 is 19.7 Å². The third-order valence-corrected chi connectivity index (χ3v) is 3.34. The zero-order valence-corrected chi connectivity index (χ0v) is 14.2. The quantitative estimate of drug-likeness (QED) is 0.539. The first-order valence-electron chi connectivity index (χ1n) is 7.46. The molecule has 1 unspecified atom stereocenters. The van der Waals surface area contributed by atoms with Crippen molar-refractivity contribution in [3.05, 3.63) is 0 Å². The highest BCUT2D eigenvalue weighted by molar-refractivity contribution is 5.67. The van der Waals surface area contributed by atoms with Crippen LogP contribution < -0.4 is 10.6 Å². The number of aliphatic hydroxyl groups is 2. The molecule has 0 rings (SSSR count). The molecule has 0 aliphatic carbocycles. The molecule has 6 heteroatoms. The third kappa shape index (κ3) is 8.90. The van der Waals surface area contributed by atoms with Gasteiger partial charge in [0.15, 0.2) is 0 Å². The second kappa shape index (κ2) is 8.56. The van der Waals surface area contributed by atoms with Crippen LogP contribution >= 0.6 is 0 Å². The van der Waals surface area contributed by atoms with Crippen molar-refractivity contribution in [2.45, 2.75) is 52.7 Å². The SMILES string of the molecule is CC(C)C(CNC(=O)OC(C)(C)C)CNC(C)(CO)CO. The summed E-state index contributed by atoms with van der Waals surface area (Å²) < 4.78 is 5.21. The summed E-state index contributed by atoms with van der Waals surface area (Å²) in [7, 11) is 0. The van der Waals surface area contributed by atoms with E-state index < -0.39 is 17.2 Å². The Kier molecular flexibility index (Phi) is 8.21. The van der Waals surface area contributed by atoms with E-state index in [0.29, 0.717) is 19.0 Å². The fraction of sp³-hybridized carbons (Fsp3) is 0.933. The summed E-state index contributed by atoms with van der Waals surface area (Å²) in [4.78, 5) is 11.7. The molecule has 0 heterocycles. The highest BCUT2D eigenvalue weighted by Gasteiger charge is 2.25. The molecule has 1 atom stereocenters. The van der Waals surface area contributed by atoms with Crippen LogP contribution in [0.15, 0.2) is 0 Å². The lowest BCUT2D eigenvalue weighted by atomic mass is 9.94. The van der Waals surface area contributed by atoms with E-state index in [2.05, 4.69) is 24.5 Å². The Labute approximate surface area is 128 Å². The molecule has 0 spiro atoms. The van der Waals surface area contributed by atoms with Gasteiger partial charge in [0, 0.05) is 13.1 Å². The first-order chi connectivity index (χ1) is 9.53. The number of carbonyl (C=O) groups excluding carboxylic acids is 1. The van der Waals surface area contributed by atoms with E-state index in [1.165, 1.54) is 0 Å². The monoisotopic (exact) mass is 304 g/mol. The van der Waals surface area contributed by atoms with Gasteiger partial charge in [0.05, 0.1) is 18.8 Å². The Morgan fingerprint density at radius 3 is 2.00 bits per heavy atom. The fourth-order valence-electron chi connectivity index (χ4n) is 1.61. The number of alkyl carbamates (subject to hydrolysis) is 1. The van der Waals surface area contributed by atoms with Crippen LogP contribution in [-0.4, -0.2) is 53.7 Å². The molecular formula is C15H32N2O4. The number of rotatable bonds is 8. The van der Waals surface area contributed by atoms with Gasteiger partial charge in [-0.2, -0.15) is 0 Å². The lowest BCUT2D eigenvalue weighted by molar-refractivity contribution is 0.0509. The number of nitrogens with one attached hydrogen (secondary N) is 2. The van der Waals surface area contributed by atoms with E-state index in [4.69, 9.17) is 4.74 Å². The van der Waals surface area contributed by atoms with Crippen LogP contribution in [0.3, 0.4) is 0 Å². The molecule has 21 heavy (non-hydrogen) atoms. The number of hydrogen-bond donors (Lipinski definition) is 4. The summed E-state index contributed by atoms with van der Waals surface area (Å²) in [5, 5.41) is 24.5. The van der Waals surface area contributed by atoms with Crippen LogP contribution in [0, 0.1) is 11.8 Å². The maximum Gasteiger partial charge on any atom is 0.407 e. The Hall–Kier alpha value is -0.850. The predicted molar refractivity (Wildman–Crippen MR) is 83.1 cm³/mol. The maximum atomic E-state index is 11.7. The molecule has 0 saturated heterocycles. The molecule has 0 saturated carbocycles. The number of amides is 1. The Morgan fingerprint density at radius 1 is 1.10 bits per heavy atom. The summed E-state index contributed by atoms with van der Waals surface area (Å²) in [6.45, 7) is 12.1. The van der Waals surface area contributed by atoms with Gasteiger partial charge in [-0.25, -0.2) is 4.79 Å². The molecule has 4 N–H and O–H groups in total. The van der Waals surface area contributed by atoms with Crippen molar-refractivity contribution in [1.29, 1.82) is 0 Å². The highest BCUT2D eigenvalue weighted by atomic mass is 16.6. The lowest BCUT2D eigenvalue weighted by Crippen LogP contribution is -2.52. The molecule has 0 aromatic carbocycles. The van der Waals surface area contributed by atoms with E-state index >= 15 is 0 Å². The molecular weight excluding hydrogens is 272 g/mol. The molecule has 0 aliphatic rings. The standard InChI is InChI=1S/C15H32N2O4/c1-11(2)12(8-17-15(6,9-18)10-19)7-16-13(20)21-14(3,4)5/h11-12,17-19H,7-10H2,1-6H3,(H,16,20). The molecule has 0 bridgehead atoms. The van der Waals surface area contributed by atoms with Gasteiger partial charge in [0.1, 0.15) is 5.60 Å². The van der Waals surface area contributed by atoms with Crippen molar-refractivity contribution in [1.82, 2.24) is 10.6 Å². The first kappa shape index (κ1) is 20.1. The van der Waals surface area contributed by atoms with Gasteiger partial charge in [0.25, 0.3) is 0 Å². The Morgan fingerprint density at radius 2 is 1.62 bits per heavy atom. The van der Waals surface area contributed by atoms with E-state index in [9.17, 15) is 15.0 Å². The second-order valence-electron chi connectivity index (χ2n) is 7.14. The van der Waals surface area contributed by atoms with E-state index in [1.807, 2.05) is 20.8 Å². The Bertz CT molecular complexity index is 309. The van der Waals surface area contributed by atoms with Crippen molar-refractivity contribution >= 4 is 6.09 Å². The minimum atomic E-state index is -0.709. The summed E-state index contributed by atoms with van der Waals surface area (Å²) >= 11 is 0. The van der Waals surface area contributed by atoms with Crippen LogP contribution in [0.2, 0.25) is 0 Å². The molecule has 0 fully saturated rings. The average molecular weight is 304 g/mol. The fourth-order valence-corrected chi connectivity index (χ4v) is 1.61. The second-order valence-corrected chi connectivity index (χ2v) is 7.14. The minimum absolute atomic E-state index is 0.145. The summed E-state index contributed by atoms with van der Waals surface area (Å²) in [6, 6.07) is 0. The molecule has 1 amide bonds. The summed E-state index contributed by atoms with van der Waals surface area (Å²) in [5.41, 5.74) is -1.22. The summed E-state index contributed by atoms with van der Waals surface area (Å²) in [6.07, 6.45) is -0.430. The van der Waals surface area contributed by atoms with Crippen LogP contribution in [-0.2, 0) is 4.74 Å². The first-order valence-corrected chi connectivity index (χ1v) is 7.46. The molecule has 0 aromatic heterocycles. The van der Waals surface area contributed by atoms with Gasteiger partial charge in [-0.1, -0.05) is 13.8 Å². The van der Waals surface area contributed by atoms with Crippen molar-refractivity contribution in [2.75, 3.05) is 26.3 Å². The molecule has 0 aliphatic heterocycles. The minimum Gasteiger partial charge on any atom is -0.444 e. The van der Waals surface area contributed by atoms with Gasteiger partial charge >= 0.3 is 6.09 Å². The van der Waals surface area contributed by atoms with Crippen LogP contribution in [0.4, 0.5) is 4.79 Å². The lowest BCUT2D eigenvalue weighted by Gasteiger charge is -2.31.